The van der Waals surface area contributed by atoms with Crippen LogP contribution in [0.15, 0.2) is 48.8 Å². The lowest BCUT2D eigenvalue weighted by Gasteiger charge is -2.29. The molecule has 6 heteroatoms. The third-order valence-corrected chi connectivity index (χ3v) is 5.08. The van der Waals surface area contributed by atoms with E-state index in [2.05, 4.69) is 34.9 Å². The Morgan fingerprint density at radius 1 is 1.05 bits per heavy atom. The van der Waals surface area contributed by atoms with Crippen LogP contribution in [-0.4, -0.2) is 28.1 Å². The van der Waals surface area contributed by atoms with Crippen molar-refractivity contribution in [3.05, 3.63) is 48.8 Å². The molecule has 1 unspecified atom stereocenters. The molecule has 0 aliphatic carbocycles. The van der Waals surface area contributed by atoms with Crippen molar-refractivity contribution in [1.82, 2.24) is 20.0 Å². The van der Waals surface area contributed by atoms with Crippen molar-refractivity contribution < 1.29 is 4.74 Å². The molecule has 21 heavy (non-hydrogen) atoms. The average molecular weight is 298 g/mol. The molecule has 0 fully saturated rings. The van der Waals surface area contributed by atoms with Crippen molar-refractivity contribution in [3.63, 3.8) is 0 Å². The van der Waals surface area contributed by atoms with E-state index in [4.69, 9.17) is 4.74 Å². The quantitative estimate of drug-likeness (QED) is 0.694. The predicted molar refractivity (Wildman–Crippen MR) is 84.8 cm³/mol. The summed E-state index contributed by atoms with van der Waals surface area (Å²) < 4.78 is 8.12. The number of rotatable bonds is 4. The number of hydrogen-bond donors (Lipinski definition) is 0. The fourth-order valence-electron chi connectivity index (χ4n) is 2.20. The minimum Gasteiger partial charge on any atom is -0.472 e. The van der Waals surface area contributed by atoms with Crippen molar-refractivity contribution in [3.8, 4) is 5.75 Å². The molecule has 3 rings (SSSR count). The summed E-state index contributed by atoms with van der Waals surface area (Å²) in [6.07, 6.45) is 3.46. The number of hydrogen-bond acceptors (Lipinski definition) is 4. The first-order valence-electron chi connectivity index (χ1n) is 6.92. The first-order chi connectivity index (χ1) is 10.1. The van der Waals surface area contributed by atoms with Crippen molar-refractivity contribution >= 4 is 19.1 Å². The van der Waals surface area contributed by atoms with Crippen molar-refractivity contribution in [1.29, 1.82) is 0 Å². The lowest BCUT2D eigenvalue weighted by Crippen LogP contribution is -2.39. The molecule has 0 amide bonds. The molecule has 108 valence electrons. The highest BCUT2D eigenvalue weighted by Gasteiger charge is 2.32. The minimum atomic E-state index is -1.67. The summed E-state index contributed by atoms with van der Waals surface area (Å²) >= 11 is 0. The van der Waals surface area contributed by atoms with Gasteiger partial charge >= 0.3 is 0 Å². The highest BCUT2D eigenvalue weighted by molar-refractivity contribution is 6.76. The fraction of sp³-hybridized carbons (Fsp3) is 0.267. The van der Waals surface area contributed by atoms with Gasteiger partial charge in [-0.2, -0.15) is 0 Å². The lowest BCUT2D eigenvalue weighted by molar-refractivity contribution is 0.191. The van der Waals surface area contributed by atoms with E-state index in [1.807, 2.05) is 41.1 Å². The molecule has 1 atom stereocenters. The van der Waals surface area contributed by atoms with Gasteiger partial charge in [-0.25, -0.2) is 4.68 Å². The van der Waals surface area contributed by atoms with E-state index in [0.717, 1.165) is 16.8 Å². The zero-order valence-corrected chi connectivity index (χ0v) is 13.4. The van der Waals surface area contributed by atoms with Crippen LogP contribution >= 0.6 is 0 Å². The molecule has 2 heterocycles. The van der Waals surface area contributed by atoms with Gasteiger partial charge < -0.3 is 4.74 Å². The smallest absolute Gasteiger partial charge is 0.175 e. The Kier molecular flexibility index (Phi) is 3.46. The molecule has 0 radical (unpaired) electrons. The maximum atomic E-state index is 6.21. The third-order valence-electron chi connectivity index (χ3n) is 3.24. The number of fused-ring (bicyclic) bond motifs is 1. The van der Waals surface area contributed by atoms with Crippen molar-refractivity contribution in [2.45, 2.75) is 25.5 Å². The number of para-hydroxylation sites is 1. The van der Waals surface area contributed by atoms with E-state index in [1.54, 1.807) is 12.4 Å². The third kappa shape index (κ3) is 2.80. The van der Waals surface area contributed by atoms with Crippen molar-refractivity contribution in [2.75, 3.05) is 0 Å². The van der Waals surface area contributed by atoms with Crippen LogP contribution in [-0.2, 0) is 0 Å². The van der Waals surface area contributed by atoms with Crippen molar-refractivity contribution in [2.24, 2.45) is 0 Å². The first-order valence-corrected chi connectivity index (χ1v) is 10.5. The van der Waals surface area contributed by atoms with Crippen LogP contribution in [0.2, 0.25) is 19.6 Å². The lowest BCUT2D eigenvalue weighted by atomic mass is 10.3. The molecule has 0 N–H and O–H groups in total. The van der Waals surface area contributed by atoms with E-state index in [-0.39, 0.29) is 5.85 Å². The van der Waals surface area contributed by atoms with Gasteiger partial charge in [0, 0.05) is 12.4 Å². The topological polar surface area (TPSA) is 52.8 Å². The fourth-order valence-corrected chi connectivity index (χ4v) is 3.61. The Hall–Kier alpha value is -2.21. The second-order valence-corrected chi connectivity index (χ2v) is 11.3. The van der Waals surface area contributed by atoms with Gasteiger partial charge in [-0.1, -0.05) is 37.0 Å². The maximum Gasteiger partial charge on any atom is 0.175 e. The Labute approximate surface area is 124 Å². The molecule has 0 bridgehead atoms. The van der Waals surface area contributed by atoms with E-state index >= 15 is 0 Å². The van der Waals surface area contributed by atoms with Gasteiger partial charge in [0.15, 0.2) is 5.85 Å². The number of nitrogens with zero attached hydrogens (tertiary/aromatic N) is 4. The maximum absolute atomic E-state index is 6.21. The SMILES string of the molecule is C[Si](C)(C)C(Oc1ccncc1)n1nnc2ccccc21. The molecule has 0 saturated heterocycles. The van der Waals surface area contributed by atoms with Gasteiger partial charge in [-0.05, 0) is 24.3 Å². The molecule has 0 spiro atoms. The molecule has 0 aliphatic rings. The summed E-state index contributed by atoms with van der Waals surface area (Å²) in [4.78, 5) is 4.02. The molecule has 5 nitrogen and oxygen atoms in total. The minimum absolute atomic E-state index is 0.118. The van der Waals surface area contributed by atoms with Gasteiger partial charge in [-0.3, -0.25) is 4.98 Å². The summed E-state index contributed by atoms with van der Waals surface area (Å²) in [5, 5.41) is 8.56. The molecule has 2 aromatic heterocycles. The Morgan fingerprint density at radius 2 is 1.76 bits per heavy atom. The second-order valence-electron chi connectivity index (χ2n) is 6.04. The van der Waals surface area contributed by atoms with E-state index in [9.17, 15) is 0 Å². The highest BCUT2D eigenvalue weighted by Crippen LogP contribution is 2.27. The Balaban J connectivity index is 2.04. The van der Waals surface area contributed by atoms with Crippen LogP contribution in [0.5, 0.6) is 5.75 Å². The number of benzene rings is 1. The number of aromatic nitrogens is 4. The Bertz CT molecular complexity index is 736. The summed E-state index contributed by atoms with van der Waals surface area (Å²) in [5.41, 5.74) is 1.89. The summed E-state index contributed by atoms with van der Waals surface area (Å²) in [6, 6.07) is 11.7. The molecule has 3 aromatic rings. The van der Waals surface area contributed by atoms with Gasteiger partial charge in [-0.15, -0.1) is 5.10 Å². The normalized spacial score (nSPS) is 13.3. The van der Waals surface area contributed by atoms with Gasteiger partial charge in [0.05, 0.1) is 5.52 Å². The van der Waals surface area contributed by atoms with E-state index in [1.165, 1.54) is 0 Å². The van der Waals surface area contributed by atoms with Gasteiger partial charge in [0.1, 0.15) is 19.3 Å². The second kappa shape index (κ2) is 5.29. The Morgan fingerprint density at radius 3 is 2.48 bits per heavy atom. The number of pyridine rings is 1. The average Bonchev–Trinajstić information content (AvgIpc) is 2.88. The standard InChI is InChI=1S/C15H18N4OSi/c1-21(2,3)15(20-12-8-10-16-11-9-12)19-14-7-5-4-6-13(14)17-18-19/h4-11,15H,1-3H3. The summed E-state index contributed by atoms with van der Waals surface area (Å²) in [7, 11) is -1.67. The van der Waals surface area contributed by atoms with Gasteiger partial charge in [0.25, 0.3) is 0 Å². The van der Waals surface area contributed by atoms with Crippen LogP contribution < -0.4 is 4.74 Å². The van der Waals surface area contributed by atoms with E-state index < -0.39 is 8.07 Å². The molecule has 0 saturated carbocycles. The first kappa shape index (κ1) is 13.8. The zero-order valence-electron chi connectivity index (χ0n) is 12.4. The largest absolute Gasteiger partial charge is 0.472 e. The predicted octanol–water partition coefficient (Wildman–Crippen LogP) is 3.28. The monoisotopic (exact) mass is 298 g/mol. The molecular formula is C15H18N4OSi. The van der Waals surface area contributed by atoms with E-state index in [0.29, 0.717) is 0 Å². The zero-order chi connectivity index (χ0) is 14.9. The molecule has 1 aromatic carbocycles. The van der Waals surface area contributed by atoms with Gasteiger partial charge in [0.2, 0.25) is 0 Å². The number of ether oxygens (including phenoxy) is 1. The summed E-state index contributed by atoms with van der Waals surface area (Å²) in [6.45, 7) is 6.78. The summed E-state index contributed by atoms with van der Waals surface area (Å²) in [5.74, 6) is 0.685. The van der Waals surface area contributed by atoms with Crippen LogP contribution in [0.1, 0.15) is 5.85 Å². The highest BCUT2D eigenvalue weighted by atomic mass is 28.3. The van der Waals surface area contributed by atoms with Crippen LogP contribution in [0.25, 0.3) is 11.0 Å². The molecular weight excluding hydrogens is 280 g/mol. The van der Waals surface area contributed by atoms with Crippen LogP contribution in [0.4, 0.5) is 0 Å². The van der Waals surface area contributed by atoms with Crippen LogP contribution in [0, 0.1) is 0 Å². The molecule has 0 aliphatic heterocycles. The van der Waals surface area contributed by atoms with Crippen LogP contribution in [0.3, 0.4) is 0 Å².